The van der Waals surface area contributed by atoms with Crippen LogP contribution < -0.4 is 0 Å². The van der Waals surface area contributed by atoms with Crippen LogP contribution in [0.1, 0.15) is 52.4 Å². The molecular formula is C16H34O6S2. The zero-order valence-corrected chi connectivity index (χ0v) is 16.5. The molecule has 24 heavy (non-hydrogen) atoms. The van der Waals surface area contributed by atoms with Gasteiger partial charge in [-0.1, -0.05) is 39.5 Å². The van der Waals surface area contributed by atoms with Crippen molar-refractivity contribution in [3.05, 3.63) is 0 Å². The third kappa shape index (κ3) is 26.5. The molecule has 2 atom stereocenters. The minimum absolute atomic E-state index is 0.316. The Morgan fingerprint density at radius 3 is 1.08 bits per heavy atom. The number of carboxylic acid groups (broad SMARTS) is 2. The van der Waals surface area contributed by atoms with Crippen molar-refractivity contribution in [3.8, 4) is 0 Å². The minimum atomic E-state index is -0.782. The fraction of sp³-hybridized carbons (Fsp3) is 0.875. The summed E-state index contributed by atoms with van der Waals surface area (Å²) in [7, 11) is 0. The Morgan fingerprint density at radius 1 is 0.708 bits per heavy atom. The van der Waals surface area contributed by atoms with E-state index in [2.05, 4.69) is 25.3 Å². The quantitative estimate of drug-likeness (QED) is 0.240. The zero-order chi connectivity index (χ0) is 19.4. The number of carbonyl (C=O) groups is 2. The summed E-state index contributed by atoms with van der Waals surface area (Å²) in [5.41, 5.74) is 0. The molecule has 0 heterocycles. The second-order valence-electron chi connectivity index (χ2n) is 5.41. The third-order valence-corrected chi connectivity index (χ3v) is 4.05. The van der Waals surface area contributed by atoms with Crippen LogP contribution >= 0.6 is 25.3 Å². The van der Waals surface area contributed by atoms with E-state index in [1.165, 1.54) is 12.8 Å². The van der Waals surface area contributed by atoms with E-state index in [0.29, 0.717) is 24.7 Å². The fourth-order valence-corrected chi connectivity index (χ4v) is 1.40. The van der Waals surface area contributed by atoms with Crippen LogP contribution in [0, 0.1) is 11.8 Å². The number of thiol groups is 2. The van der Waals surface area contributed by atoms with Gasteiger partial charge in [-0.05, 0) is 12.8 Å². The maximum absolute atomic E-state index is 9.88. The van der Waals surface area contributed by atoms with Gasteiger partial charge in [0.2, 0.25) is 0 Å². The molecular weight excluding hydrogens is 352 g/mol. The SMILES string of the molecule is CC(CS)C(=O)O.CC(CS)C(=O)O.OCCCCCCCCO. The molecule has 0 fully saturated rings. The van der Waals surface area contributed by atoms with Gasteiger partial charge < -0.3 is 20.4 Å². The molecule has 0 rings (SSSR count). The Balaban J connectivity index is -0.000000283. The highest BCUT2D eigenvalue weighted by atomic mass is 32.1. The topological polar surface area (TPSA) is 115 Å². The highest BCUT2D eigenvalue weighted by Crippen LogP contribution is 2.03. The molecule has 0 bridgehead atoms. The highest BCUT2D eigenvalue weighted by Gasteiger charge is 2.06. The van der Waals surface area contributed by atoms with Crippen LogP contribution in [0.4, 0.5) is 0 Å². The maximum Gasteiger partial charge on any atom is 0.307 e. The first-order valence-corrected chi connectivity index (χ1v) is 9.43. The summed E-state index contributed by atoms with van der Waals surface area (Å²) in [6.07, 6.45) is 6.50. The zero-order valence-electron chi connectivity index (χ0n) is 14.7. The maximum atomic E-state index is 9.88. The van der Waals surface area contributed by atoms with Crippen molar-refractivity contribution >= 4 is 37.2 Å². The summed E-state index contributed by atoms with van der Waals surface area (Å²) < 4.78 is 0. The van der Waals surface area contributed by atoms with Gasteiger partial charge in [-0.2, -0.15) is 25.3 Å². The number of rotatable bonds is 11. The van der Waals surface area contributed by atoms with Crippen LogP contribution in [0.2, 0.25) is 0 Å². The highest BCUT2D eigenvalue weighted by molar-refractivity contribution is 7.80. The van der Waals surface area contributed by atoms with Crippen molar-refractivity contribution in [1.29, 1.82) is 0 Å². The average Bonchev–Trinajstić information content (AvgIpc) is 2.57. The van der Waals surface area contributed by atoms with Gasteiger partial charge in [0, 0.05) is 24.7 Å². The Morgan fingerprint density at radius 2 is 0.958 bits per heavy atom. The Hall–Kier alpha value is -0.440. The first kappa shape index (κ1) is 28.4. The van der Waals surface area contributed by atoms with Gasteiger partial charge in [0.15, 0.2) is 0 Å². The summed E-state index contributed by atoms with van der Waals surface area (Å²) >= 11 is 7.55. The number of aliphatic hydroxyl groups excluding tert-OH is 2. The number of unbranched alkanes of at least 4 members (excludes halogenated alkanes) is 5. The Bertz CT molecular complexity index is 262. The van der Waals surface area contributed by atoms with E-state index >= 15 is 0 Å². The number of aliphatic hydroxyl groups is 2. The van der Waals surface area contributed by atoms with Crippen molar-refractivity contribution in [2.24, 2.45) is 11.8 Å². The molecule has 8 heteroatoms. The van der Waals surface area contributed by atoms with Gasteiger partial charge in [0.05, 0.1) is 11.8 Å². The smallest absolute Gasteiger partial charge is 0.307 e. The predicted molar refractivity (Wildman–Crippen MR) is 103 cm³/mol. The van der Waals surface area contributed by atoms with Gasteiger partial charge in [-0.3, -0.25) is 9.59 Å². The monoisotopic (exact) mass is 386 g/mol. The number of aliphatic carboxylic acids is 2. The van der Waals surface area contributed by atoms with Gasteiger partial charge in [-0.15, -0.1) is 0 Å². The molecule has 0 radical (unpaired) electrons. The minimum Gasteiger partial charge on any atom is -0.481 e. The van der Waals surface area contributed by atoms with E-state index in [4.69, 9.17) is 20.4 Å². The summed E-state index contributed by atoms with van der Waals surface area (Å²) in [5.74, 6) is -1.37. The van der Waals surface area contributed by atoms with Gasteiger partial charge >= 0.3 is 11.9 Å². The Labute approximate surface area is 156 Å². The molecule has 2 unspecified atom stereocenters. The van der Waals surface area contributed by atoms with Gasteiger partial charge in [0.1, 0.15) is 0 Å². The standard InChI is InChI=1S/C8H18O2.2C4H8O2S/c9-7-5-3-1-2-4-6-8-10;2*1-3(2-7)4(5)6/h9-10H,1-8H2;2*3,7H,2H2,1H3,(H,5,6). The fourth-order valence-electron chi connectivity index (χ4n) is 1.09. The molecule has 0 aromatic rings. The van der Waals surface area contributed by atoms with Crippen molar-refractivity contribution in [1.82, 2.24) is 0 Å². The number of hydrogen-bond donors (Lipinski definition) is 6. The van der Waals surface area contributed by atoms with Crippen LogP contribution in [0.25, 0.3) is 0 Å². The number of hydrogen-bond acceptors (Lipinski definition) is 6. The second kappa shape index (κ2) is 22.6. The van der Waals surface area contributed by atoms with Crippen LogP contribution in [0.5, 0.6) is 0 Å². The van der Waals surface area contributed by atoms with E-state index in [9.17, 15) is 9.59 Å². The van der Waals surface area contributed by atoms with Crippen LogP contribution in [0.3, 0.4) is 0 Å². The molecule has 0 aromatic heterocycles. The van der Waals surface area contributed by atoms with E-state index in [1.54, 1.807) is 13.8 Å². The normalized spacial score (nSPS) is 12.1. The molecule has 0 saturated carbocycles. The van der Waals surface area contributed by atoms with Crippen molar-refractivity contribution in [2.75, 3.05) is 24.7 Å². The van der Waals surface area contributed by atoms with Crippen LogP contribution in [-0.4, -0.2) is 57.1 Å². The summed E-state index contributed by atoms with van der Waals surface area (Å²) in [6.45, 7) is 3.88. The summed E-state index contributed by atoms with van der Waals surface area (Å²) in [4.78, 5) is 19.8. The van der Waals surface area contributed by atoms with E-state index in [-0.39, 0.29) is 11.8 Å². The van der Waals surface area contributed by atoms with Gasteiger partial charge in [-0.25, -0.2) is 0 Å². The van der Waals surface area contributed by atoms with Crippen molar-refractivity contribution in [3.63, 3.8) is 0 Å². The third-order valence-electron chi connectivity index (χ3n) is 2.96. The molecule has 0 amide bonds. The van der Waals surface area contributed by atoms with Gasteiger partial charge in [0.25, 0.3) is 0 Å². The molecule has 0 spiro atoms. The molecule has 0 aliphatic heterocycles. The Kier molecular flexibility index (Phi) is 26.7. The first-order chi connectivity index (χ1) is 11.3. The van der Waals surface area contributed by atoms with Crippen LogP contribution in [0.15, 0.2) is 0 Å². The predicted octanol–water partition coefficient (Wildman–Crippen LogP) is 2.59. The lowest BCUT2D eigenvalue weighted by Gasteiger charge is -1.97. The van der Waals surface area contributed by atoms with E-state index in [1.807, 2.05) is 0 Å². The van der Waals surface area contributed by atoms with E-state index < -0.39 is 11.9 Å². The lowest BCUT2D eigenvalue weighted by atomic mass is 10.1. The molecule has 0 aromatic carbocycles. The molecule has 146 valence electrons. The molecule has 0 aliphatic carbocycles. The van der Waals surface area contributed by atoms with Crippen molar-refractivity contribution < 1.29 is 30.0 Å². The molecule has 0 saturated heterocycles. The summed E-state index contributed by atoms with van der Waals surface area (Å²) in [6, 6.07) is 0. The van der Waals surface area contributed by atoms with Crippen molar-refractivity contribution in [2.45, 2.75) is 52.4 Å². The molecule has 6 nitrogen and oxygen atoms in total. The second-order valence-corrected chi connectivity index (χ2v) is 6.14. The molecule has 4 N–H and O–H groups in total. The first-order valence-electron chi connectivity index (χ1n) is 8.17. The largest absolute Gasteiger partial charge is 0.481 e. The van der Waals surface area contributed by atoms with Crippen LogP contribution in [-0.2, 0) is 9.59 Å². The number of carboxylic acids is 2. The lowest BCUT2D eigenvalue weighted by molar-refractivity contribution is -0.141. The van der Waals surface area contributed by atoms with E-state index in [0.717, 1.165) is 25.7 Å². The average molecular weight is 387 g/mol. The molecule has 0 aliphatic rings. The summed E-state index contributed by atoms with van der Waals surface area (Å²) in [5, 5.41) is 33.1. The lowest BCUT2D eigenvalue weighted by Crippen LogP contribution is -2.09.